The van der Waals surface area contributed by atoms with E-state index in [9.17, 15) is 4.39 Å². The highest BCUT2D eigenvalue weighted by Crippen LogP contribution is 2.29. The fourth-order valence-electron chi connectivity index (χ4n) is 2.98. The van der Waals surface area contributed by atoms with E-state index in [1.54, 1.807) is 6.07 Å². The lowest BCUT2D eigenvalue weighted by atomic mass is 10.1. The van der Waals surface area contributed by atoms with E-state index in [0.717, 1.165) is 36.5 Å². The van der Waals surface area contributed by atoms with Gasteiger partial charge in [0.05, 0.1) is 0 Å². The summed E-state index contributed by atoms with van der Waals surface area (Å²) in [6.45, 7) is 1.71. The predicted octanol–water partition coefficient (Wildman–Crippen LogP) is 1.17. The standard InChI is InChI=1S/C16H21FN6/c1-20-12-5-6-23(9-12)15-13(14(18)21-16(19)22-15)8-10-3-2-4-11(17)7-10/h2-4,7,12,20H,5-6,8-9H2,1H3,(H4,18,19,21,22)/t12-/m1/s1. The summed E-state index contributed by atoms with van der Waals surface area (Å²) in [5.74, 6) is 0.991. The molecule has 0 saturated carbocycles. The molecule has 6 nitrogen and oxygen atoms in total. The van der Waals surface area contributed by atoms with Crippen molar-refractivity contribution >= 4 is 17.6 Å². The number of nitrogens with two attached hydrogens (primary N) is 2. The minimum absolute atomic E-state index is 0.161. The summed E-state index contributed by atoms with van der Waals surface area (Å²) in [5, 5.41) is 3.27. The van der Waals surface area contributed by atoms with Crippen molar-refractivity contribution in [2.45, 2.75) is 18.9 Å². The number of aromatic nitrogens is 2. The normalized spacial score (nSPS) is 17.7. The summed E-state index contributed by atoms with van der Waals surface area (Å²) in [5.41, 5.74) is 13.5. The van der Waals surface area contributed by atoms with Crippen LogP contribution in [0.4, 0.5) is 22.0 Å². The second-order valence-corrected chi connectivity index (χ2v) is 5.80. The van der Waals surface area contributed by atoms with Gasteiger partial charge in [-0.25, -0.2) is 4.39 Å². The Morgan fingerprint density at radius 2 is 2.17 bits per heavy atom. The SMILES string of the molecule is CN[C@@H]1CCN(c2nc(N)nc(N)c2Cc2cccc(F)c2)C1. The van der Waals surface area contributed by atoms with Crippen molar-refractivity contribution in [2.75, 3.05) is 36.5 Å². The molecule has 2 heterocycles. The number of nitrogens with one attached hydrogen (secondary N) is 1. The quantitative estimate of drug-likeness (QED) is 0.784. The first-order chi connectivity index (χ1) is 11.1. The smallest absolute Gasteiger partial charge is 0.223 e. The molecular formula is C16H21FN6. The molecule has 1 atom stereocenters. The van der Waals surface area contributed by atoms with Crippen LogP contribution in [0.2, 0.25) is 0 Å². The van der Waals surface area contributed by atoms with Crippen LogP contribution in [0.25, 0.3) is 0 Å². The monoisotopic (exact) mass is 316 g/mol. The Bertz CT molecular complexity index is 705. The third-order valence-corrected chi connectivity index (χ3v) is 4.20. The van der Waals surface area contributed by atoms with Gasteiger partial charge in [0.25, 0.3) is 0 Å². The van der Waals surface area contributed by atoms with E-state index in [2.05, 4.69) is 20.2 Å². The van der Waals surface area contributed by atoms with Crippen molar-refractivity contribution in [3.8, 4) is 0 Å². The third-order valence-electron chi connectivity index (χ3n) is 4.20. The molecule has 0 radical (unpaired) electrons. The van der Waals surface area contributed by atoms with Gasteiger partial charge >= 0.3 is 0 Å². The lowest BCUT2D eigenvalue weighted by molar-refractivity contribution is 0.616. The van der Waals surface area contributed by atoms with E-state index in [-0.39, 0.29) is 11.8 Å². The van der Waals surface area contributed by atoms with Crippen molar-refractivity contribution in [2.24, 2.45) is 0 Å². The van der Waals surface area contributed by atoms with Crippen LogP contribution in [0.5, 0.6) is 0 Å². The van der Waals surface area contributed by atoms with Gasteiger partial charge in [-0.05, 0) is 31.2 Å². The average Bonchev–Trinajstić information content (AvgIpc) is 2.98. The van der Waals surface area contributed by atoms with Gasteiger partial charge in [0.15, 0.2) is 0 Å². The Morgan fingerprint density at radius 3 is 2.87 bits per heavy atom. The summed E-state index contributed by atoms with van der Waals surface area (Å²) in [4.78, 5) is 10.6. The number of hydrogen-bond acceptors (Lipinski definition) is 6. The molecule has 1 aromatic carbocycles. The van der Waals surface area contributed by atoms with Crippen molar-refractivity contribution in [1.82, 2.24) is 15.3 Å². The molecule has 5 N–H and O–H groups in total. The first-order valence-electron chi connectivity index (χ1n) is 7.65. The van der Waals surface area contributed by atoms with E-state index < -0.39 is 0 Å². The highest BCUT2D eigenvalue weighted by atomic mass is 19.1. The van der Waals surface area contributed by atoms with Crippen molar-refractivity contribution in [3.63, 3.8) is 0 Å². The van der Waals surface area contributed by atoms with Crippen molar-refractivity contribution < 1.29 is 4.39 Å². The van der Waals surface area contributed by atoms with Crippen LogP contribution in [0.15, 0.2) is 24.3 Å². The first-order valence-corrected chi connectivity index (χ1v) is 7.65. The van der Waals surface area contributed by atoms with Gasteiger partial charge in [-0.15, -0.1) is 0 Å². The van der Waals surface area contributed by atoms with E-state index in [0.29, 0.717) is 18.3 Å². The molecule has 0 bridgehead atoms. The van der Waals surface area contributed by atoms with E-state index in [4.69, 9.17) is 11.5 Å². The lowest BCUT2D eigenvalue weighted by Gasteiger charge is -2.22. The summed E-state index contributed by atoms with van der Waals surface area (Å²) < 4.78 is 13.4. The molecule has 0 unspecified atom stereocenters. The number of halogens is 1. The highest BCUT2D eigenvalue weighted by Gasteiger charge is 2.26. The predicted molar refractivity (Wildman–Crippen MR) is 89.7 cm³/mol. The van der Waals surface area contributed by atoms with Crippen LogP contribution in [0.1, 0.15) is 17.5 Å². The number of likely N-dealkylation sites (N-methyl/N-ethyl adjacent to an activating group) is 1. The van der Waals surface area contributed by atoms with Crippen molar-refractivity contribution in [3.05, 3.63) is 41.2 Å². The molecule has 0 aliphatic carbocycles. The molecule has 1 aliphatic rings. The fraction of sp³-hybridized carbons (Fsp3) is 0.375. The Kier molecular flexibility index (Phi) is 4.29. The van der Waals surface area contributed by atoms with Gasteiger partial charge in [-0.1, -0.05) is 12.1 Å². The largest absolute Gasteiger partial charge is 0.383 e. The third kappa shape index (κ3) is 3.34. The van der Waals surface area contributed by atoms with Crippen LogP contribution in [-0.4, -0.2) is 36.1 Å². The molecule has 2 aromatic rings. The van der Waals surface area contributed by atoms with Gasteiger partial charge in [-0.3, -0.25) is 0 Å². The summed E-state index contributed by atoms with van der Waals surface area (Å²) in [6.07, 6.45) is 1.50. The summed E-state index contributed by atoms with van der Waals surface area (Å²) >= 11 is 0. The number of nitrogens with zero attached hydrogens (tertiary/aromatic N) is 3. The van der Waals surface area contributed by atoms with Gasteiger partial charge < -0.3 is 21.7 Å². The number of nitrogen functional groups attached to an aromatic ring is 2. The second-order valence-electron chi connectivity index (χ2n) is 5.80. The van der Waals surface area contributed by atoms with E-state index in [1.165, 1.54) is 12.1 Å². The zero-order chi connectivity index (χ0) is 16.4. The van der Waals surface area contributed by atoms with Crippen LogP contribution >= 0.6 is 0 Å². The number of anilines is 3. The Labute approximate surface area is 134 Å². The second kappa shape index (κ2) is 6.37. The Hall–Kier alpha value is -2.41. The van der Waals surface area contributed by atoms with Crippen LogP contribution in [0.3, 0.4) is 0 Å². The van der Waals surface area contributed by atoms with Crippen LogP contribution < -0.4 is 21.7 Å². The molecular weight excluding hydrogens is 295 g/mol. The maximum absolute atomic E-state index is 13.4. The van der Waals surface area contributed by atoms with Crippen LogP contribution in [0, 0.1) is 5.82 Å². The topological polar surface area (TPSA) is 93.1 Å². The Balaban J connectivity index is 1.95. The van der Waals surface area contributed by atoms with Gasteiger partial charge in [0, 0.05) is 31.1 Å². The molecule has 23 heavy (non-hydrogen) atoms. The minimum atomic E-state index is -0.268. The molecule has 122 valence electrons. The lowest BCUT2D eigenvalue weighted by Crippen LogP contribution is -2.30. The Morgan fingerprint density at radius 1 is 1.35 bits per heavy atom. The van der Waals surface area contributed by atoms with Gasteiger partial charge in [-0.2, -0.15) is 9.97 Å². The maximum Gasteiger partial charge on any atom is 0.223 e. The highest BCUT2D eigenvalue weighted by molar-refractivity contribution is 5.61. The maximum atomic E-state index is 13.4. The first kappa shape index (κ1) is 15.5. The molecule has 3 rings (SSSR count). The number of benzene rings is 1. The minimum Gasteiger partial charge on any atom is -0.383 e. The van der Waals surface area contributed by atoms with Gasteiger partial charge in [0.1, 0.15) is 17.5 Å². The zero-order valence-electron chi connectivity index (χ0n) is 13.1. The molecule has 0 spiro atoms. The zero-order valence-corrected chi connectivity index (χ0v) is 13.1. The number of rotatable bonds is 4. The fourth-order valence-corrected chi connectivity index (χ4v) is 2.98. The average molecular weight is 316 g/mol. The van der Waals surface area contributed by atoms with Gasteiger partial charge in [0.2, 0.25) is 5.95 Å². The molecule has 1 fully saturated rings. The molecule has 1 aromatic heterocycles. The molecule has 1 aliphatic heterocycles. The summed E-state index contributed by atoms with van der Waals surface area (Å²) in [6, 6.07) is 6.88. The number of hydrogen-bond donors (Lipinski definition) is 3. The van der Waals surface area contributed by atoms with E-state index >= 15 is 0 Å². The van der Waals surface area contributed by atoms with Crippen molar-refractivity contribution in [1.29, 1.82) is 0 Å². The molecule has 1 saturated heterocycles. The molecule has 7 heteroatoms. The van der Waals surface area contributed by atoms with E-state index in [1.807, 2.05) is 13.1 Å². The van der Waals surface area contributed by atoms with Crippen LogP contribution in [-0.2, 0) is 6.42 Å². The molecule has 0 amide bonds. The summed E-state index contributed by atoms with van der Waals surface area (Å²) in [7, 11) is 1.95.